The van der Waals surface area contributed by atoms with Gasteiger partial charge in [-0.2, -0.15) is 0 Å². The van der Waals surface area contributed by atoms with Gasteiger partial charge in [-0.1, -0.05) is 19.4 Å². The predicted molar refractivity (Wildman–Crippen MR) is 77.0 cm³/mol. The lowest BCUT2D eigenvalue weighted by atomic mass is 10.1. The Morgan fingerprint density at radius 1 is 1.44 bits per heavy atom. The first-order chi connectivity index (χ1) is 8.45. The molecule has 0 radical (unpaired) electrons. The van der Waals surface area contributed by atoms with Crippen molar-refractivity contribution >= 4 is 17.3 Å². The monoisotopic (exact) mass is 249 g/mol. The summed E-state index contributed by atoms with van der Waals surface area (Å²) in [6, 6.07) is 5.43. The van der Waals surface area contributed by atoms with Crippen LogP contribution >= 0.6 is 0 Å². The third-order valence-electron chi connectivity index (χ3n) is 2.89. The van der Waals surface area contributed by atoms with Gasteiger partial charge in [-0.05, 0) is 31.0 Å². The SMILES string of the molecule is CCC[C@H](N)C(=O)Nc1ccc(C)c(N(C)C)c1. The second-order valence-corrected chi connectivity index (χ2v) is 4.78. The van der Waals surface area contributed by atoms with E-state index in [-0.39, 0.29) is 5.91 Å². The number of carbonyl (C=O) groups excluding carboxylic acids is 1. The van der Waals surface area contributed by atoms with Crippen molar-refractivity contribution in [1.29, 1.82) is 0 Å². The molecule has 0 saturated heterocycles. The number of amides is 1. The zero-order chi connectivity index (χ0) is 13.7. The van der Waals surface area contributed by atoms with E-state index in [1.807, 2.05) is 51.0 Å². The first-order valence-electron chi connectivity index (χ1n) is 6.30. The summed E-state index contributed by atoms with van der Waals surface area (Å²) in [6.07, 6.45) is 1.61. The Morgan fingerprint density at radius 3 is 2.67 bits per heavy atom. The van der Waals surface area contributed by atoms with Crippen molar-refractivity contribution in [1.82, 2.24) is 0 Å². The highest BCUT2D eigenvalue weighted by Gasteiger charge is 2.13. The molecule has 100 valence electrons. The summed E-state index contributed by atoms with van der Waals surface area (Å²) < 4.78 is 0. The quantitative estimate of drug-likeness (QED) is 0.840. The van der Waals surface area contributed by atoms with Crippen LogP contribution in [0.1, 0.15) is 25.3 Å². The standard InChI is InChI=1S/C14H23N3O/c1-5-6-12(15)14(18)16-11-8-7-10(2)13(9-11)17(3)4/h7-9,12H,5-6,15H2,1-4H3,(H,16,18)/t12-/m0/s1. The van der Waals surface area contributed by atoms with Crippen molar-refractivity contribution in [3.63, 3.8) is 0 Å². The number of hydrogen-bond acceptors (Lipinski definition) is 3. The van der Waals surface area contributed by atoms with Crippen LogP contribution in [0.4, 0.5) is 11.4 Å². The van der Waals surface area contributed by atoms with Gasteiger partial charge in [0.15, 0.2) is 0 Å². The lowest BCUT2D eigenvalue weighted by molar-refractivity contribution is -0.117. The lowest BCUT2D eigenvalue weighted by Gasteiger charge is -2.18. The summed E-state index contributed by atoms with van der Waals surface area (Å²) in [4.78, 5) is 13.8. The van der Waals surface area contributed by atoms with E-state index in [4.69, 9.17) is 5.73 Å². The van der Waals surface area contributed by atoms with E-state index >= 15 is 0 Å². The molecule has 0 saturated carbocycles. The number of nitrogens with one attached hydrogen (secondary N) is 1. The van der Waals surface area contributed by atoms with Crippen LogP contribution in [-0.2, 0) is 4.79 Å². The molecule has 0 bridgehead atoms. The minimum Gasteiger partial charge on any atom is -0.377 e. The molecule has 1 amide bonds. The summed E-state index contributed by atoms with van der Waals surface area (Å²) in [7, 11) is 3.97. The van der Waals surface area contributed by atoms with Gasteiger partial charge in [0.2, 0.25) is 5.91 Å². The van der Waals surface area contributed by atoms with Crippen LogP contribution in [0.15, 0.2) is 18.2 Å². The molecule has 1 aromatic carbocycles. The van der Waals surface area contributed by atoms with E-state index in [1.54, 1.807) is 0 Å². The van der Waals surface area contributed by atoms with E-state index in [2.05, 4.69) is 5.32 Å². The highest BCUT2D eigenvalue weighted by atomic mass is 16.2. The van der Waals surface area contributed by atoms with Crippen molar-refractivity contribution < 1.29 is 4.79 Å². The van der Waals surface area contributed by atoms with E-state index in [1.165, 1.54) is 5.56 Å². The second-order valence-electron chi connectivity index (χ2n) is 4.78. The Morgan fingerprint density at radius 2 is 2.11 bits per heavy atom. The Labute approximate surface area is 109 Å². The molecule has 0 heterocycles. The van der Waals surface area contributed by atoms with Crippen LogP contribution in [0.3, 0.4) is 0 Å². The van der Waals surface area contributed by atoms with Crippen LogP contribution in [-0.4, -0.2) is 26.0 Å². The first kappa shape index (κ1) is 14.5. The highest BCUT2D eigenvalue weighted by molar-refractivity contribution is 5.95. The lowest BCUT2D eigenvalue weighted by Crippen LogP contribution is -2.35. The fraction of sp³-hybridized carbons (Fsp3) is 0.500. The fourth-order valence-electron chi connectivity index (χ4n) is 1.85. The number of aryl methyl sites for hydroxylation is 1. The van der Waals surface area contributed by atoms with Crippen molar-refractivity contribution in [3.05, 3.63) is 23.8 Å². The molecule has 18 heavy (non-hydrogen) atoms. The van der Waals surface area contributed by atoms with E-state index < -0.39 is 6.04 Å². The summed E-state index contributed by atoms with van der Waals surface area (Å²) in [5, 5.41) is 2.86. The number of carbonyl (C=O) groups is 1. The molecule has 4 nitrogen and oxygen atoms in total. The van der Waals surface area contributed by atoms with Gasteiger partial charge in [0.1, 0.15) is 0 Å². The average Bonchev–Trinajstić information content (AvgIpc) is 2.31. The number of rotatable bonds is 5. The van der Waals surface area contributed by atoms with Gasteiger partial charge in [-0.15, -0.1) is 0 Å². The average molecular weight is 249 g/mol. The molecule has 1 atom stereocenters. The molecule has 0 aromatic heterocycles. The van der Waals surface area contributed by atoms with E-state index in [9.17, 15) is 4.79 Å². The molecule has 0 aliphatic carbocycles. The minimum atomic E-state index is -0.431. The van der Waals surface area contributed by atoms with Crippen molar-refractivity contribution in [2.75, 3.05) is 24.3 Å². The smallest absolute Gasteiger partial charge is 0.241 e. The van der Waals surface area contributed by atoms with Crippen molar-refractivity contribution in [3.8, 4) is 0 Å². The topological polar surface area (TPSA) is 58.4 Å². The largest absolute Gasteiger partial charge is 0.377 e. The zero-order valence-electron chi connectivity index (χ0n) is 11.7. The molecule has 0 fully saturated rings. The Bertz CT molecular complexity index is 416. The number of benzene rings is 1. The van der Waals surface area contributed by atoms with Crippen LogP contribution in [0, 0.1) is 6.92 Å². The molecule has 0 spiro atoms. The van der Waals surface area contributed by atoms with Gasteiger partial charge in [0.25, 0.3) is 0 Å². The number of nitrogens with zero attached hydrogens (tertiary/aromatic N) is 1. The molecular weight excluding hydrogens is 226 g/mol. The van der Waals surface area contributed by atoms with Crippen molar-refractivity contribution in [2.45, 2.75) is 32.7 Å². The van der Waals surface area contributed by atoms with E-state index in [0.29, 0.717) is 6.42 Å². The number of hydrogen-bond donors (Lipinski definition) is 2. The maximum atomic E-state index is 11.8. The van der Waals surface area contributed by atoms with Crippen LogP contribution in [0.25, 0.3) is 0 Å². The van der Waals surface area contributed by atoms with Crippen LogP contribution in [0.5, 0.6) is 0 Å². The molecule has 3 N–H and O–H groups in total. The van der Waals surface area contributed by atoms with Crippen molar-refractivity contribution in [2.24, 2.45) is 5.73 Å². The third kappa shape index (κ3) is 3.74. The maximum absolute atomic E-state index is 11.8. The normalized spacial score (nSPS) is 12.1. The highest BCUT2D eigenvalue weighted by Crippen LogP contribution is 2.22. The fourth-order valence-corrected chi connectivity index (χ4v) is 1.85. The number of anilines is 2. The molecule has 0 unspecified atom stereocenters. The summed E-state index contributed by atoms with van der Waals surface area (Å²) in [6.45, 7) is 4.06. The first-order valence-corrected chi connectivity index (χ1v) is 6.30. The van der Waals surface area contributed by atoms with Crippen LogP contribution in [0.2, 0.25) is 0 Å². The Hall–Kier alpha value is -1.55. The molecule has 0 aliphatic rings. The number of nitrogens with two attached hydrogens (primary N) is 1. The summed E-state index contributed by atoms with van der Waals surface area (Å²) in [5.74, 6) is -0.120. The zero-order valence-corrected chi connectivity index (χ0v) is 11.7. The van der Waals surface area contributed by atoms with Gasteiger partial charge in [-0.3, -0.25) is 4.79 Å². The van der Waals surface area contributed by atoms with Gasteiger partial charge in [-0.25, -0.2) is 0 Å². The molecule has 1 rings (SSSR count). The van der Waals surface area contributed by atoms with Gasteiger partial charge in [0.05, 0.1) is 6.04 Å². The second kappa shape index (κ2) is 6.40. The van der Waals surface area contributed by atoms with E-state index in [0.717, 1.165) is 17.8 Å². The Kier molecular flexibility index (Phi) is 5.16. The maximum Gasteiger partial charge on any atom is 0.241 e. The molecule has 1 aromatic rings. The Balaban J connectivity index is 2.79. The van der Waals surface area contributed by atoms with Crippen LogP contribution < -0.4 is 16.0 Å². The molecule has 0 aliphatic heterocycles. The minimum absolute atomic E-state index is 0.120. The third-order valence-corrected chi connectivity index (χ3v) is 2.89. The molecule has 4 heteroatoms. The van der Waals surface area contributed by atoms with Gasteiger partial charge < -0.3 is 16.0 Å². The predicted octanol–water partition coefficient (Wildman–Crippen LogP) is 2.13. The summed E-state index contributed by atoms with van der Waals surface area (Å²) in [5.41, 5.74) is 8.84. The van der Waals surface area contributed by atoms with Gasteiger partial charge in [0, 0.05) is 25.5 Å². The molecular formula is C14H23N3O. The summed E-state index contributed by atoms with van der Waals surface area (Å²) >= 11 is 0. The van der Waals surface area contributed by atoms with Gasteiger partial charge >= 0.3 is 0 Å².